The fraction of sp³-hybridized carbons (Fsp3) is 1.00. The minimum atomic E-state index is -1.43. The molecular formula is C6H15NO4. The van der Waals surface area contributed by atoms with E-state index in [1.807, 2.05) is 6.92 Å². The van der Waals surface area contributed by atoms with Crippen LogP contribution in [0.1, 0.15) is 6.92 Å². The van der Waals surface area contributed by atoms with Crippen molar-refractivity contribution in [1.29, 1.82) is 0 Å². The van der Waals surface area contributed by atoms with Gasteiger partial charge in [-0.15, -0.1) is 0 Å². The lowest BCUT2D eigenvalue weighted by Crippen LogP contribution is -2.43. The van der Waals surface area contributed by atoms with Crippen LogP contribution in [0.5, 0.6) is 0 Å². The Bertz CT molecular complexity index is 86.3. The molecule has 0 aliphatic rings. The summed E-state index contributed by atoms with van der Waals surface area (Å²) in [5, 5.41) is 0. The number of methoxy groups -OCH3 is 3. The average molecular weight is 165 g/mol. The van der Waals surface area contributed by atoms with Crippen molar-refractivity contribution in [2.45, 2.75) is 13.1 Å². The zero-order chi connectivity index (χ0) is 8.74. The van der Waals surface area contributed by atoms with Gasteiger partial charge in [-0.2, -0.15) is 5.48 Å². The molecule has 0 spiro atoms. The Morgan fingerprint density at radius 3 is 1.82 bits per heavy atom. The summed E-state index contributed by atoms with van der Waals surface area (Å²) >= 11 is 0. The summed E-state index contributed by atoms with van der Waals surface area (Å²) in [7, 11) is 4.26. The van der Waals surface area contributed by atoms with Gasteiger partial charge >= 0.3 is 6.16 Å². The fourth-order valence-electron chi connectivity index (χ4n) is 0.536. The van der Waals surface area contributed by atoms with Crippen LogP contribution >= 0.6 is 0 Å². The highest BCUT2D eigenvalue weighted by atomic mass is 17.0. The highest BCUT2D eigenvalue weighted by Gasteiger charge is 2.31. The molecule has 0 saturated carbocycles. The van der Waals surface area contributed by atoms with Crippen LogP contribution in [0.3, 0.4) is 0 Å². The molecule has 11 heavy (non-hydrogen) atoms. The molecular weight excluding hydrogens is 150 g/mol. The first-order chi connectivity index (χ1) is 5.24. The maximum absolute atomic E-state index is 4.91. The molecule has 0 radical (unpaired) electrons. The average Bonchev–Trinajstić information content (AvgIpc) is 2.08. The van der Waals surface area contributed by atoms with E-state index in [0.29, 0.717) is 6.54 Å². The predicted molar refractivity (Wildman–Crippen MR) is 38.5 cm³/mol. The molecule has 0 unspecified atom stereocenters. The molecule has 5 heteroatoms. The van der Waals surface area contributed by atoms with Crippen LogP contribution in [0.2, 0.25) is 0 Å². The van der Waals surface area contributed by atoms with E-state index in [-0.39, 0.29) is 0 Å². The van der Waals surface area contributed by atoms with Gasteiger partial charge in [0.15, 0.2) is 0 Å². The lowest BCUT2D eigenvalue weighted by Gasteiger charge is -2.26. The molecule has 0 rings (SSSR count). The molecule has 0 aliphatic carbocycles. The van der Waals surface area contributed by atoms with Crippen LogP contribution in [-0.4, -0.2) is 34.0 Å². The second kappa shape index (κ2) is 5.45. The van der Waals surface area contributed by atoms with Crippen LogP contribution in [-0.2, 0) is 19.0 Å². The largest absolute Gasteiger partial charge is 0.428 e. The SMILES string of the molecule is CCNOC(OC)(OC)OC. The molecule has 0 aromatic carbocycles. The number of nitrogens with one attached hydrogen (secondary N) is 1. The maximum atomic E-state index is 4.91. The first-order valence-electron chi connectivity index (χ1n) is 3.31. The summed E-state index contributed by atoms with van der Waals surface area (Å²) in [6, 6.07) is 0. The minimum absolute atomic E-state index is 0.637. The van der Waals surface area contributed by atoms with Crippen LogP contribution in [0.4, 0.5) is 0 Å². The van der Waals surface area contributed by atoms with Gasteiger partial charge in [0.05, 0.1) is 0 Å². The molecule has 0 bridgehead atoms. The van der Waals surface area contributed by atoms with Crippen LogP contribution in [0, 0.1) is 0 Å². The van der Waals surface area contributed by atoms with Crippen molar-refractivity contribution in [2.75, 3.05) is 27.9 Å². The smallest absolute Gasteiger partial charge is 0.305 e. The topological polar surface area (TPSA) is 49.0 Å². The standard InChI is InChI=1S/C6H15NO4/c1-5-7-11-6(8-2,9-3)10-4/h7H,5H2,1-4H3. The molecule has 0 atom stereocenters. The van der Waals surface area contributed by atoms with Crippen LogP contribution < -0.4 is 5.48 Å². The Morgan fingerprint density at radius 1 is 1.09 bits per heavy atom. The van der Waals surface area contributed by atoms with Gasteiger partial charge in [-0.25, -0.2) is 4.84 Å². The highest BCUT2D eigenvalue weighted by Crippen LogP contribution is 2.11. The number of ether oxygens (including phenoxy) is 3. The predicted octanol–water partition coefficient (Wildman–Crippen LogP) is 0.0780. The maximum Gasteiger partial charge on any atom is 0.428 e. The van der Waals surface area contributed by atoms with E-state index in [1.54, 1.807) is 0 Å². The molecule has 0 heterocycles. The molecule has 0 aliphatic heterocycles. The van der Waals surface area contributed by atoms with E-state index in [0.717, 1.165) is 0 Å². The van der Waals surface area contributed by atoms with Crippen molar-refractivity contribution in [3.63, 3.8) is 0 Å². The lowest BCUT2D eigenvalue weighted by molar-refractivity contribution is -0.494. The summed E-state index contributed by atoms with van der Waals surface area (Å²) < 4.78 is 14.4. The molecule has 0 aromatic rings. The fourth-order valence-corrected chi connectivity index (χ4v) is 0.536. The third-order valence-corrected chi connectivity index (χ3v) is 1.09. The quantitative estimate of drug-likeness (QED) is 0.446. The molecule has 1 N–H and O–H groups in total. The Hall–Kier alpha value is -0.200. The molecule has 0 fully saturated rings. The van der Waals surface area contributed by atoms with Gasteiger partial charge in [-0.1, -0.05) is 6.92 Å². The van der Waals surface area contributed by atoms with Crippen molar-refractivity contribution in [2.24, 2.45) is 0 Å². The second-order valence-electron chi connectivity index (χ2n) is 1.71. The van der Waals surface area contributed by atoms with Crippen molar-refractivity contribution in [1.82, 2.24) is 5.48 Å². The third kappa shape index (κ3) is 3.13. The zero-order valence-electron chi connectivity index (χ0n) is 7.34. The Labute approximate surface area is 66.5 Å². The van der Waals surface area contributed by atoms with Crippen molar-refractivity contribution >= 4 is 0 Å². The second-order valence-corrected chi connectivity index (χ2v) is 1.71. The monoisotopic (exact) mass is 165 g/mol. The van der Waals surface area contributed by atoms with Gasteiger partial charge < -0.3 is 14.2 Å². The number of hydrogen-bond donors (Lipinski definition) is 1. The first kappa shape index (κ1) is 10.8. The van der Waals surface area contributed by atoms with E-state index in [1.165, 1.54) is 21.3 Å². The molecule has 0 amide bonds. The van der Waals surface area contributed by atoms with Crippen molar-refractivity contribution in [3.05, 3.63) is 0 Å². The van der Waals surface area contributed by atoms with Gasteiger partial charge in [-0.05, 0) is 0 Å². The Kier molecular flexibility index (Phi) is 5.35. The normalized spacial score (nSPS) is 12.0. The van der Waals surface area contributed by atoms with E-state index in [2.05, 4.69) is 5.48 Å². The van der Waals surface area contributed by atoms with Crippen LogP contribution in [0.25, 0.3) is 0 Å². The summed E-state index contributed by atoms with van der Waals surface area (Å²) in [6.45, 7) is 2.52. The third-order valence-electron chi connectivity index (χ3n) is 1.09. The summed E-state index contributed by atoms with van der Waals surface area (Å²) in [6.07, 6.45) is -1.43. The summed E-state index contributed by atoms with van der Waals surface area (Å²) in [4.78, 5) is 4.91. The van der Waals surface area contributed by atoms with E-state index in [9.17, 15) is 0 Å². The number of rotatable bonds is 6. The Balaban J connectivity index is 3.84. The van der Waals surface area contributed by atoms with Gasteiger partial charge in [-0.3, -0.25) is 0 Å². The molecule has 5 nitrogen and oxygen atoms in total. The molecule has 0 aromatic heterocycles. The van der Waals surface area contributed by atoms with Gasteiger partial charge in [0, 0.05) is 27.9 Å². The number of hydrogen-bond acceptors (Lipinski definition) is 5. The highest BCUT2D eigenvalue weighted by molar-refractivity contribution is 4.32. The van der Waals surface area contributed by atoms with Gasteiger partial charge in [0.25, 0.3) is 0 Å². The summed E-state index contributed by atoms with van der Waals surface area (Å²) in [5.41, 5.74) is 2.57. The summed E-state index contributed by atoms with van der Waals surface area (Å²) in [5.74, 6) is 0. The number of hydroxylamine groups is 1. The van der Waals surface area contributed by atoms with Gasteiger partial charge in [0.1, 0.15) is 0 Å². The van der Waals surface area contributed by atoms with E-state index < -0.39 is 6.16 Å². The Morgan fingerprint density at radius 2 is 1.55 bits per heavy atom. The van der Waals surface area contributed by atoms with E-state index in [4.69, 9.17) is 19.0 Å². The van der Waals surface area contributed by atoms with Crippen molar-refractivity contribution in [3.8, 4) is 0 Å². The first-order valence-corrected chi connectivity index (χ1v) is 3.31. The van der Waals surface area contributed by atoms with Gasteiger partial charge in [0.2, 0.25) is 0 Å². The zero-order valence-corrected chi connectivity index (χ0v) is 7.34. The van der Waals surface area contributed by atoms with Crippen molar-refractivity contribution < 1.29 is 19.0 Å². The lowest BCUT2D eigenvalue weighted by atomic mass is 10.8. The minimum Gasteiger partial charge on any atom is -0.305 e. The van der Waals surface area contributed by atoms with Crippen LogP contribution in [0.15, 0.2) is 0 Å². The molecule has 0 saturated heterocycles. The molecule has 68 valence electrons. The van der Waals surface area contributed by atoms with E-state index >= 15 is 0 Å².